The van der Waals surface area contributed by atoms with E-state index in [0.717, 1.165) is 37.7 Å². The van der Waals surface area contributed by atoms with E-state index in [9.17, 15) is 14.7 Å². The standard InChI is InChI=1S/C29H40O4/c1-21(17-20-33-26(30)16-12-22-9-6-5-7-10-22)11-14-24-23(27(31)32)13-15-25-28(2,3)18-8-19-29(24,25)4/h5-7,9-10,12-13,16,21,24-25H,8,11,14-15,17-20H2,1-4H3,(H,31,32)/t21-,24-,25-,29+/m0/s1. The lowest BCUT2D eigenvalue weighted by Crippen LogP contribution is -2.49. The van der Waals surface area contributed by atoms with E-state index in [4.69, 9.17) is 4.74 Å². The number of aliphatic carboxylic acids is 1. The minimum Gasteiger partial charge on any atom is -0.478 e. The third kappa shape index (κ3) is 6.16. The number of rotatable bonds is 9. The van der Waals surface area contributed by atoms with Crippen LogP contribution in [0.3, 0.4) is 0 Å². The van der Waals surface area contributed by atoms with Gasteiger partial charge in [-0.2, -0.15) is 0 Å². The molecule has 1 saturated carbocycles. The molecule has 1 fully saturated rings. The minimum absolute atomic E-state index is 0.0403. The molecule has 33 heavy (non-hydrogen) atoms. The average Bonchev–Trinajstić information content (AvgIpc) is 2.76. The smallest absolute Gasteiger partial charge is 0.331 e. The normalized spacial score (nSPS) is 27.5. The van der Waals surface area contributed by atoms with Gasteiger partial charge in [0.2, 0.25) is 0 Å². The van der Waals surface area contributed by atoms with Gasteiger partial charge < -0.3 is 9.84 Å². The van der Waals surface area contributed by atoms with Crippen molar-refractivity contribution in [3.8, 4) is 0 Å². The molecule has 0 saturated heterocycles. The van der Waals surface area contributed by atoms with Crippen LogP contribution in [0.25, 0.3) is 6.08 Å². The zero-order valence-corrected chi connectivity index (χ0v) is 20.7. The first-order chi connectivity index (χ1) is 15.6. The molecule has 1 aromatic carbocycles. The van der Waals surface area contributed by atoms with Gasteiger partial charge in [0.25, 0.3) is 0 Å². The number of hydrogen-bond acceptors (Lipinski definition) is 3. The Morgan fingerprint density at radius 2 is 1.88 bits per heavy atom. The van der Waals surface area contributed by atoms with E-state index in [0.29, 0.717) is 24.0 Å². The maximum atomic E-state index is 12.1. The number of carbonyl (C=O) groups is 2. The number of hydrogen-bond donors (Lipinski definition) is 1. The summed E-state index contributed by atoms with van der Waals surface area (Å²) in [5.74, 6) is -0.0952. The summed E-state index contributed by atoms with van der Waals surface area (Å²) in [5, 5.41) is 9.91. The quantitative estimate of drug-likeness (QED) is 0.326. The first-order valence-corrected chi connectivity index (χ1v) is 12.5. The first-order valence-electron chi connectivity index (χ1n) is 12.5. The van der Waals surface area contributed by atoms with Crippen LogP contribution in [-0.4, -0.2) is 23.7 Å². The van der Waals surface area contributed by atoms with Crippen LogP contribution in [0.1, 0.15) is 78.2 Å². The monoisotopic (exact) mass is 452 g/mol. The highest BCUT2D eigenvalue weighted by atomic mass is 16.5. The molecule has 0 radical (unpaired) electrons. The summed E-state index contributed by atoms with van der Waals surface area (Å²) in [6.07, 6.45) is 12.2. The van der Waals surface area contributed by atoms with Gasteiger partial charge in [0.15, 0.2) is 0 Å². The molecule has 3 rings (SSSR count). The maximum absolute atomic E-state index is 12.1. The summed E-state index contributed by atoms with van der Waals surface area (Å²) in [6.45, 7) is 9.61. The van der Waals surface area contributed by atoms with Gasteiger partial charge in [0.1, 0.15) is 0 Å². The van der Waals surface area contributed by atoms with Crippen molar-refractivity contribution < 1.29 is 19.4 Å². The van der Waals surface area contributed by atoms with Crippen LogP contribution in [0.15, 0.2) is 48.1 Å². The van der Waals surface area contributed by atoms with Gasteiger partial charge in [-0.15, -0.1) is 0 Å². The van der Waals surface area contributed by atoms with E-state index in [1.54, 1.807) is 6.08 Å². The highest BCUT2D eigenvalue weighted by Gasteiger charge is 2.53. The molecule has 2 aliphatic carbocycles. The number of fused-ring (bicyclic) bond motifs is 1. The molecule has 1 N–H and O–H groups in total. The second-order valence-corrected chi connectivity index (χ2v) is 11.0. The van der Waals surface area contributed by atoms with Crippen LogP contribution >= 0.6 is 0 Å². The summed E-state index contributed by atoms with van der Waals surface area (Å²) in [5.41, 5.74) is 1.88. The van der Waals surface area contributed by atoms with Crippen molar-refractivity contribution in [2.75, 3.05) is 6.61 Å². The third-order valence-electron chi connectivity index (χ3n) is 8.28. The van der Waals surface area contributed by atoms with Gasteiger partial charge in [-0.05, 0) is 78.7 Å². The Balaban J connectivity index is 1.53. The Morgan fingerprint density at radius 1 is 1.15 bits per heavy atom. The van der Waals surface area contributed by atoms with Crippen LogP contribution in [-0.2, 0) is 14.3 Å². The highest BCUT2D eigenvalue weighted by molar-refractivity contribution is 5.88. The molecule has 0 bridgehead atoms. The Kier molecular flexibility index (Phi) is 8.20. The summed E-state index contributed by atoms with van der Waals surface area (Å²) >= 11 is 0. The number of allylic oxidation sites excluding steroid dienone is 1. The molecular weight excluding hydrogens is 412 g/mol. The molecule has 4 nitrogen and oxygen atoms in total. The van der Waals surface area contributed by atoms with Crippen LogP contribution in [0.4, 0.5) is 0 Å². The fraction of sp³-hybridized carbons (Fsp3) is 0.586. The fourth-order valence-corrected chi connectivity index (χ4v) is 6.37. The second-order valence-electron chi connectivity index (χ2n) is 11.0. The number of benzene rings is 1. The van der Waals surface area contributed by atoms with E-state index in [2.05, 4.69) is 27.7 Å². The Morgan fingerprint density at radius 3 is 2.58 bits per heavy atom. The predicted molar refractivity (Wildman–Crippen MR) is 133 cm³/mol. The number of carboxylic acid groups (broad SMARTS) is 1. The molecule has 0 heterocycles. The molecule has 1 aromatic rings. The lowest BCUT2D eigenvalue weighted by atomic mass is 9.48. The maximum Gasteiger partial charge on any atom is 0.331 e. The molecule has 0 unspecified atom stereocenters. The van der Waals surface area contributed by atoms with Gasteiger partial charge in [0.05, 0.1) is 6.61 Å². The van der Waals surface area contributed by atoms with Gasteiger partial charge >= 0.3 is 11.9 Å². The van der Waals surface area contributed by atoms with E-state index in [-0.39, 0.29) is 22.7 Å². The van der Waals surface area contributed by atoms with Gasteiger partial charge in [-0.1, -0.05) is 70.5 Å². The van der Waals surface area contributed by atoms with Gasteiger partial charge in [0, 0.05) is 11.6 Å². The van der Waals surface area contributed by atoms with Crippen molar-refractivity contribution in [2.45, 2.75) is 72.6 Å². The molecule has 4 heteroatoms. The molecule has 0 aliphatic heterocycles. The second kappa shape index (κ2) is 10.7. The molecule has 0 spiro atoms. The molecule has 0 amide bonds. The highest BCUT2D eigenvalue weighted by Crippen LogP contribution is 2.60. The summed E-state index contributed by atoms with van der Waals surface area (Å²) in [4.78, 5) is 24.1. The van der Waals surface area contributed by atoms with Crippen molar-refractivity contribution in [3.63, 3.8) is 0 Å². The lowest BCUT2D eigenvalue weighted by Gasteiger charge is -2.56. The average molecular weight is 453 g/mol. The lowest BCUT2D eigenvalue weighted by molar-refractivity contribution is -0.138. The zero-order valence-electron chi connectivity index (χ0n) is 20.7. The van der Waals surface area contributed by atoms with E-state index in [1.807, 2.05) is 36.4 Å². The number of ether oxygens (including phenoxy) is 1. The van der Waals surface area contributed by atoms with Crippen molar-refractivity contribution in [2.24, 2.45) is 28.6 Å². The van der Waals surface area contributed by atoms with Crippen molar-refractivity contribution in [1.29, 1.82) is 0 Å². The predicted octanol–water partition coefficient (Wildman–Crippen LogP) is 6.91. The summed E-state index contributed by atoms with van der Waals surface area (Å²) < 4.78 is 5.39. The molecule has 180 valence electrons. The Hall–Kier alpha value is -2.36. The first kappa shape index (κ1) is 25.3. The number of carbonyl (C=O) groups excluding carboxylic acids is 1. The molecule has 4 atom stereocenters. The number of carboxylic acids is 1. The van der Waals surface area contributed by atoms with Crippen LogP contribution in [0.5, 0.6) is 0 Å². The summed E-state index contributed by atoms with van der Waals surface area (Å²) in [7, 11) is 0. The van der Waals surface area contributed by atoms with Crippen molar-refractivity contribution in [3.05, 3.63) is 53.6 Å². The topological polar surface area (TPSA) is 63.6 Å². The Bertz CT molecular complexity index is 882. The SMILES string of the molecule is C[C@H](CCOC(=O)C=Cc1ccccc1)CC[C@H]1C(C(=O)O)=CC[C@H]2C(C)(C)CCC[C@]12C. The molecule has 0 aromatic heterocycles. The Labute approximate surface area is 199 Å². The summed E-state index contributed by atoms with van der Waals surface area (Å²) in [6, 6.07) is 9.68. The van der Waals surface area contributed by atoms with E-state index >= 15 is 0 Å². The fourth-order valence-electron chi connectivity index (χ4n) is 6.37. The largest absolute Gasteiger partial charge is 0.478 e. The third-order valence-corrected chi connectivity index (χ3v) is 8.28. The van der Waals surface area contributed by atoms with Crippen LogP contribution in [0, 0.1) is 28.6 Å². The molecular formula is C29H40O4. The zero-order chi connectivity index (χ0) is 24.1. The van der Waals surface area contributed by atoms with E-state index < -0.39 is 5.97 Å². The van der Waals surface area contributed by atoms with Crippen LogP contribution < -0.4 is 0 Å². The number of esters is 1. The van der Waals surface area contributed by atoms with Crippen molar-refractivity contribution in [1.82, 2.24) is 0 Å². The van der Waals surface area contributed by atoms with Gasteiger partial charge in [-0.3, -0.25) is 0 Å². The van der Waals surface area contributed by atoms with Gasteiger partial charge in [-0.25, -0.2) is 9.59 Å². The van der Waals surface area contributed by atoms with Crippen molar-refractivity contribution >= 4 is 18.0 Å². The minimum atomic E-state index is -0.755. The van der Waals surface area contributed by atoms with E-state index in [1.165, 1.54) is 18.9 Å². The van der Waals surface area contributed by atoms with Crippen LogP contribution in [0.2, 0.25) is 0 Å². The molecule has 2 aliphatic rings.